The van der Waals surface area contributed by atoms with E-state index in [0.29, 0.717) is 36.1 Å². The van der Waals surface area contributed by atoms with Crippen LogP contribution in [-0.4, -0.2) is 59.5 Å². The summed E-state index contributed by atoms with van der Waals surface area (Å²) < 4.78 is 25.6. The first kappa shape index (κ1) is 29.7. The molecule has 0 radical (unpaired) electrons. The Kier molecular flexibility index (Phi) is 10.4. The Bertz CT molecular complexity index is 1160. The number of methoxy groups -OCH3 is 1. The number of nitrogens with zero attached hydrogens (tertiary/aromatic N) is 2. The fraction of sp³-hybridized carbons (Fsp3) is 0.444. The molecule has 1 saturated carbocycles. The third-order valence-electron chi connectivity index (χ3n) is 6.67. The molecule has 1 N–H and O–H groups in total. The monoisotopic (exact) mass is 568 g/mol. The van der Waals surface area contributed by atoms with E-state index in [-0.39, 0.29) is 61.7 Å². The van der Waals surface area contributed by atoms with Crippen molar-refractivity contribution in [3.8, 4) is 11.5 Å². The quantitative estimate of drug-likeness (QED) is 0.344. The van der Waals surface area contributed by atoms with Gasteiger partial charge in [0.2, 0.25) is 11.8 Å². The molecule has 1 aliphatic carbocycles. The Morgan fingerprint density at radius 3 is 2.47 bits per heavy atom. The van der Waals surface area contributed by atoms with Gasteiger partial charge in [0.1, 0.15) is 12.4 Å². The van der Waals surface area contributed by atoms with Gasteiger partial charge in [0.05, 0.1) is 25.1 Å². The molecule has 2 aromatic carbocycles. The van der Waals surface area contributed by atoms with Gasteiger partial charge in [0.15, 0.2) is 11.5 Å². The highest BCUT2D eigenvalue weighted by Gasteiger charge is 2.31. The van der Waals surface area contributed by atoms with Crippen LogP contribution in [0, 0.1) is 11.7 Å². The largest absolute Gasteiger partial charge is 0.493 e. The number of amides is 2. The van der Waals surface area contributed by atoms with Crippen LogP contribution in [0.5, 0.6) is 11.5 Å². The fourth-order valence-electron chi connectivity index (χ4n) is 4.56. The van der Waals surface area contributed by atoms with Gasteiger partial charge in [-0.25, -0.2) is 4.39 Å². The Morgan fingerprint density at radius 1 is 1.16 bits per heavy atom. The van der Waals surface area contributed by atoms with Crippen LogP contribution in [0.15, 0.2) is 36.4 Å². The molecular formula is C27H31Cl2FN2O6. The predicted molar refractivity (Wildman–Crippen MR) is 141 cm³/mol. The lowest BCUT2D eigenvalue weighted by atomic mass is 10.00. The zero-order valence-electron chi connectivity index (χ0n) is 21.0. The van der Waals surface area contributed by atoms with Crippen LogP contribution in [0.1, 0.15) is 49.3 Å². The zero-order valence-corrected chi connectivity index (χ0v) is 22.6. The topological polar surface area (TPSA) is 96.4 Å². The van der Waals surface area contributed by atoms with Crippen molar-refractivity contribution in [1.29, 1.82) is 0 Å². The molecule has 2 fully saturated rings. The van der Waals surface area contributed by atoms with Gasteiger partial charge in [-0.3, -0.25) is 24.2 Å². The molecule has 0 unspecified atom stereocenters. The maximum atomic E-state index is 14.3. The summed E-state index contributed by atoms with van der Waals surface area (Å²) in [6.07, 6.45) is 2.44. The summed E-state index contributed by atoms with van der Waals surface area (Å²) >= 11 is 5.86. The van der Waals surface area contributed by atoms with Crippen molar-refractivity contribution in [3.05, 3.63) is 58.4 Å². The van der Waals surface area contributed by atoms with Crippen LogP contribution in [0.25, 0.3) is 0 Å². The number of carboxylic acid groups (broad SMARTS) is 1. The van der Waals surface area contributed by atoms with Crippen molar-refractivity contribution in [2.45, 2.75) is 44.7 Å². The summed E-state index contributed by atoms with van der Waals surface area (Å²) in [4.78, 5) is 38.6. The number of rotatable bonds is 13. The van der Waals surface area contributed by atoms with Crippen molar-refractivity contribution in [3.63, 3.8) is 0 Å². The molecule has 2 amide bonds. The van der Waals surface area contributed by atoms with E-state index in [2.05, 4.69) is 4.90 Å². The van der Waals surface area contributed by atoms with Gasteiger partial charge < -0.3 is 14.6 Å². The summed E-state index contributed by atoms with van der Waals surface area (Å²) in [7, 11) is 1.52. The second kappa shape index (κ2) is 13.3. The van der Waals surface area contributed by atoms with E-state index in [1.165, 1.54) is 24.1 Å². The first-order chi connectivity index (χ1) is 17.7. The number of carbonyl (C=O) groups is 3. The second-order valence-corrected chi connectivity index (χ2v) is 9.84. The van der Waals surface area contributed by atoms with E-state index in [1.807, 2.05) is 12.1 Å². The van der Waals surface area contributed by atoms with E-state index < -0.39 is 17.8 Å². The molecule has 38 heavy (non-hydrogen) atoms. The third-order valence-corrected chi connectivity index (χ3v) is 6.97. The maximum Gasteiger partial charge on any atom is 0.305 e. The minimum absolute atomic E-state index is 0. The molecule has 0 bridgehead atoms. The first-order valence-corrected chi connectivity index (χ1v) is 12.7. The summed E-state index contributed by atoms with van der Waals surface area (Å²) in [6.45, 7) is 1.42. The third kappa shape index (κ3) is 7.58. The van der Waals surface area contributed by atoms with Crippen LogP contribution >= 0.6 is 24.0 Å². The number of ether oxygens (including phenoxy) is 2. The van der Waals surface area contributed by atoms with E-state index in [0.717, 1.165) is 18.4 Å². The normalized spacial score (nSPS) is 15.9. The maximum absolute atomic E-state index is 14.3. The van der Waals surface area contributed by atoms with E-state index in [1.54, 1.807) is 12.1 Å². The molecule has 4 rings (SSSR count). The summed E-state index contributed by atoms with van der Waals surface area (Å²) in [5.74, 6) is -0.518. The standard InChI is InChI=1S/C27H30ClFN2O6.ClH/c1-36-24-12-18(4-7-23(24)37-11-10-31-25(32)8-9-26(31)33)16-30(15-17-2-3-17)22(14-27(34)35)19-5-6-20(28)21(29)13-19;/h4-7,12-13,17,22H,2-3,8-11,14-16H2,1H3,(H,34,35);1H/t22-;/m0./s1. The average Bonchev–Trinajstić information content (AvgIpc) is 3.63. The second-order valence-electron chi connectivity index (χ2n) is 9.43. The Labute approximate surface area is 232 Å². The molecule has 2 aliphatic rings. The highest BCUT2D eigenvalue weighted by atomic mass is 35.5. The van der Waals surface area contributed by atoms with Crippen molar-refractivity contribution in [1.82, 2.24) is 9.80 Å². The van der Waals surface area contributed by atoms with Crippen LogP contribution < -0.4 is 9.47 Å². The number of benzene rings is 2. The highest BCUT2D eigenvalue weighted by molar-refractivity contribution is 6.30. The van der Waals surface area contributed by atoms with Crippen LogP contribution in [0.3, 0.4) is 0 Å². The van der Waals surface area contributed by atoms with Gasteiger partial charge in [0, 0.05) is 32.0 Å². The molecule has 1 saturated heterocycles. The molecule has 8 nitrogen and oxygen atoms in total. The molecule has 1 heterocycles. The predicted octanol–water partition coefficient (Wildman–Crippen LogP) is 4.87. The van der Waals surface area contributed by atoms with Crippen molar-refractivity contribution in [2.24, 2.45) is 5.92 Å². The lowest BCUT2D eigenvalue weighted by molar-refractivity contribution is -0.140. The first-order valence-electron chi connectivity index (χ1n) is 12.3. The van der Waals surface area contributed by atoms with E-state index in [9.17, 15) is 23.9 Å². The Morgan fingerprint density at radius 2 is 1.87 bits per heavy atom. The minimum Gasteiger partial charge on any atom is -0.493 e. The molecule has 0 aromatic heterocycles. The highest BCUT2D eigenvalue weighted by Crippen LogP contribution is 2.37. The van der Waals surface area contributed by atoms with Gasteiger partial charge in [-0.05, 0) is 54.2 Å². The molecule has 2 aromatic rings. The fourth-order valence-corrected chi connectivity index (χ4v) is 4.68. The van der Waals surface area contributed by atoms with Gasteiger partial charge in [0.25, 0.3) is 0 Å². The molecule has 1 aliphatic heterocycles. The van der Waals surface area contributed by atoms with E-state index >= 15 is 0 Å². The Hall–Kier alpha value is -2.88. The number of hydrogen-bond acceptors (Lipinski definition) is 6. The number of aliphatic carboxylic acids is 1. The van der Waals surface area contributed by atoms with Gasteiger partial charge in [-0.1, -0.05) is 23.7 Å². The van der Waals surface area contributed by atoms with Gasteiger partial charge in [-0.2, -0.15) is 0 Å². The lowest BCUT2D eigenvalue weighted by Gasteiger charge is -2.32. The molecule has 11 heteroatoms. The van der Waals surface area contributed by atoms with E-state index in [4.69, 9.17) is 21.1 Å². The number of carboxylic acids is 1. The number of likely N-dealkylation sites (tertiary alicyclic amines) is 1. The van der Waals surface area contributed by atoms with Crippen LogP contribution in [-0.2, 0) is 20.9 Å². The van der Waals surface area contributed by atoms with Crippen molar-refractivity contribution in [2.75, 3.05) is 26.8 Å². The average molecular weight is 569 g/mol. The zero-order chi connectivity index (χ0) is 26.5. The number of hydrogen-bond donors (Lipinski definition) is 1. The summed E-state index contributed by atoms with van der Waals surface area (Å²) in [5, 5.41) is 9.61. The summed E-state index contributed by atoms with van der Waals surface area (Å²) in [6, 6.07) is 9.34. The molecule has 206 valence electrons. The van der Waals surface area contributed by atoms with Crippen LogP contribution in [0.2, 0.25) is 5.02 Å². The summed E-state index contributed by atoms with van der Waals surface area (Å²) in [5.41, 5.74) is 1.43. The lowest BCUT2D eigenvalue weighted by Crippen LogP contribution is -2.33. The number of imide groups is 1. The SMILES string of the molecule is COc1cc(CN(CC2CC2)[C@@H](CC(=O)O)c2ccc(Cl)c(F)c2)ccc1OCCN1C(=O)CCC1=O.Cl. The van der Waals surface area contributed by atoms with Crippen molar-refractivity contribution >= 4 is 41.8 Å². The smallest absolute Gasteiger partial charge is 0.305 e. The Balaban J connectivity index is 0.00000400. The van der Waals surface area contributed by atoms with Crippen LogP contribution in [0.4, 0.5) is 4.39 Å². The molecule has 0 spiro atoms. The number of halogens is 3. The minimum atomic E-state index is -0.975. The van der Waals surface area contributed by atoms with Gasteiger partial charge in [-0.15, -0.1) is 12.4 Å². The molecule has 1 atom stereocenters. The van der Waals surface area contributed by atoms with Crippen molar-refractivity contribution < 1.29 is 33.4 Å². The number of carbonyl (C=O) groups excluding carboxylic acids is 2. The van der Waals surface area contributed by atoms with Gasteiger partial charge >= 0.3 is 5.97 Å². The molecular weight excluding hydrogens is 538 g/mol.